The topological polar surface area (TPSA) is 93.4 Å². The number of hydrogen-bond donors (Lipinski definition) is 2. The van der Waals surface area contributed by atoms with Crippen LogP contribution in [0.3, 0.4) is 0 Å². The third-order valence-electron chi connectivity index (χ3n) is 5.70. The standard InChI is InChI=1S/C24H23N5O2/c25-23-20-14-21(16-10-12-19(13-11-16)31-18-8-2-1-3-9-18)28-29(17-6-4-5-7-17)24(30)22(20)26-15-27-23/h1-3,8-15,17,28H,4-7H2,(H2,25,26,27). The van der Waals surface area contributed by atoms with Crippen molar-refractivity contribution in [3.8, 4) is 11.5 Å². The average Bonchev–Trinajstić information content (AvgIpc) is 3.28. The zero-order chi connectivity index (χ0) is 21.2. The summed E-state index contributed by atoms with van der Waals surface area (Å²) in [6.07, 6.45) is 7.34. The van der Waals surface area contributed by atoms with E-state index in [9.17, 15) is 4.79 Å². The summed E-state index contributed by atoms with van der Waals surface area (Å²) < 4.78 is 5.90. The van der Waals surface area contributed by atoms with Crippen LogP contribution in [-0.4, -0.2) is 26.9 Å². The lowest BCUT2D eigenvalue weighted by Gasteiger charge is -2.29. The molecule has 31 heavy (non-hydrogen) atoms. The van der Waals surface area contributed by atoms with Crippen molar-refractivity contribution in [2.24, 2.45) is 0 Å². The van der Waals surface area contributed by atoms with Gasteiger partial charge in [-0.05, 0) is 60.9 Å². The summed E-state index contributed by atoms with van der Waals surface area (Å²) in [6, 6.07) is 17.5. The third kappa shape index (κ3) is 3.82. The van der Waals surface area contributed by atoms with E-state index >= 15 is 0 Å². The van der Waals surface area contributed by atoms with Crippen LogP contribution in [0.4, 0.5) is 5.82 Å². The number of hydrogen-bond acceptors (Lipinski definition) is 6. The number of benzene rings is 2. The Morgan fingerprint density at radius 1 is 0.968 bits per heavy atom. The zero-order valence-corrected chi connectivity index (χ0v) is 17.0. The molecule has 3 N–H and O–H groups in total. The van der Waals surface area contributed by atoms with Gasteiger partial charge in [-0.15, -0.1) is 0 Å². The predicted molar refractivity (Wildman–Crippen MR) is 119 cm³/mol. The lowest BCUT2D eigenvalue weighted by molar-refractivity contribution is 0.0606. The first-order valence-corrected chi connectivity index (χ1v) is 10.4. The van der Waals surface area contributed by atoms with Crippen molar-refractivity contribution in [3.63, 3.8) is 0 Å². The fourth-order valence-corrected chi connectivity index (χ4v) is 4.09. The zero-order valence-electron chi connectivity index (χ0n) is 17.0. The molecule has 3 aromatic rings. The molecule has 1 amide bonds. The molecule has 5 rings (SSSR count). The van der Waals surface area contributed by atoms with Gasteiger partial charge in [-0.1, -0.05) is 31.0 Å². The van der Waals surface area contributed by atoms with Gasteiger partial charge in [0.2, 0.25) is 0 Å². The molecule has 1 fully saturated rings. The molecule has 0 unspecified atom stereocenters. The van der Waals surface area contributed by atoms with Gasteiger partial charge in [0, 0.05) is 0 Å². The number of ether oxygens (including phenoxy) is 1. The maximum atomic E-state index is 13.3. The van der Waals surface area contributed by atoms with Gasteiger partial charge in [-0.2, -0.15) is 0 Å². The fourth-order valence-electron chi connectivity index (χ4n) is 4.09. The van der Waals surface area contributed by atoms with Crippen LogP contribution in [0, 0.1) is 0 Å². The van der Waals surface area contributed by atoms with Crippen LogP contribution in [0.2, 0.25) is 0 Å². The monoisotopic (exact) mass is 413 g/mol. The summed E-state index contributed by atoms with van der Waals surface area (Å²) in [7, 11) is 0. The van der Waals surface area contributed by atoms with Crippen LogP contribution >= 0.6 is 0 Å². The Hall–Kier alpha value is -3.87. The summed E-state index contributed by atoms with van der Waals surface area (Å²) >= 11 is 0. The van der Waals surface area contributed by atoms with E-state index in [-0.39, 0.29) is 17.8 Å². The maximum Gasteiger partial charge on any atom is 0.291 e. The van der Waals surface area contributed by atoms with Gasteiger partial charge >= 0.3 is 0 Å². The smallest absolute Gasteiger partial charge is 0.291 e. The molecule has 0 bridgehead atoms. The number of nitrogens with zero attached hydrogens (tertiary/aromatic N) is 3. The van der Waals surface area contributed by atoms with Gasteiger partial charge in [0.15, 0.2) is 0 Å². The summed E-state index contributed by atoms with van der Waals surface area (Å²) in [5.74, 6) is 1.62. The van der Waals surface area contributed by atoms with E-state index in [0.29, 0.717) is 11.3 Å². The van der Waals surface area contributed by atoms with E-state index in [2.05, 4.69) is 15.4 Å². The molecule has 0 radical (unpaired) electrons. The predicted octanol–water partition coefficient (Wildman–Crippen LogP) is 4.25. The molecule has 1 aromatic heterocycles. The third-order valence-corrected chi connectivity index (χ3v) is 5.70. The number of carbonyl (C=O) groups excluding carboxylic acids is 1. The summed E-state index contributed by atoms with van der Waals surface area (Å²) in [6.45, 7) is 0. The molecule has 2 aliphatic rings. The molecular weight excluding hydrogens is 390 g/mol. The van der Waals surface area contributed by atoms with E-state index in [1.54, 1.807) is 5.01 Å². The molecule has 0 spiro atoms. The molecule has 7 heteroatoms. The van der Waals surface area contributed by atoms with Gasteiger partial charge in [0.25, 0.3) is 5.91 Å². The van der Waals surface area contributed by atoms with Crippen molar-refractivity contribution in [2.45, 2.75) is 31.7 Å². The van der Waals surface area contributed by atoms with Crippen LogP contribution in [0.25, 0.3) is 11.8 Å². The average molecular weight is 413 g/mol. The second-order valence-electron chi connectivity index (χ2n) is 7.74. The second-order valence-corrected chi connectivity index (χ2v) is 7.74. The fraction of sp³-hybridized carbons (Fsp3) is 0.208. The van der Waals surface area contributed by atoms with Gasteiger partial charge < -0.3 is 10.5 Å². The number of nitrogens with two attached hydrogens (primary N) is 1. The van der Waals surface area contributed by atoms with Gasteiger partial charge in [-0.3, -0.25) is 10.2 Å². The number of aromatic nitrogens is 2. The normalized spacial score (nSPS) is 16.3. The van der Waals surface area contributed by atoms with Crippen molar-refractivity contribution in [3.05, 3.63) is 77.7 Å². The maximum absolute atomic E-state index is 13.3. The highest BCUT2D eigenvalue weighted by atomic mass is 16.5. The number of nitrogens with one attached hydrogen (secondary N) is 1. The highest BCUT2D eigenvalue weighted by Gasteiger charge is 2.33. The first-order chi connectivity index (χ1) is 15.2. The van der Waals surface area contributed by atoms with Crippen LogP contribution < -0.4 is 15.9 Å². The molecule has 1 aliphatic carbocycles. The first kappa shape index (κ1) is 19.1. The SMILES string of the molecule is Nc1ncnc2c1C=C(c1ccc(Oc3ccccc3)cc1)NN(C1CCCC1)C2=O. The molecular formula is C24H23N5O2. The van der Waals surface area contributed by atoms with Gasteiger partial charge in [0.1, 0.15) is 29.3 Å². The van der Waals surface area contributed by atoms with Crippen LogP contribution in [0.15, 0.2) is 60.9 Å². The van der Waals surface area contributed by atoms with Crippen LogP contribution in [0.5, 0.6) is 11.5 Å². The number of anilines is 1. The Kier molecular flexibility index (Phi) is 5.00. The van der Waals surface area contributed by atoms with E-state index < -0.39 is 0 Å². The number of amides is 1. The van der Waals surface area contributed by atoms with E-state index in [0.717, 1.165) is 48.4 Å². The minimum Gasteiger partial charge on any atom is -0.457 e. The molecule has 0 saturated heterocycles. The number of fused-ring (bicyclic) bond motifs is 1. The molecule has 2 aromatic carbocycles. The van der Waals surface area contributed by atoms with E-state index in [1.807, 2.05) is 60.7 Å². The minimum absolute atomic E-state index is 0.124. The number of carbonyl (C=O) groups is 1. The number of para-hydroxylation sites is 1. The molecule has 1 aliphatic heterocycles. The lowest BCUT2D eigenvalue weighted by Crippen LogP contribution is -2.47. The second kappa shape index (κ2) is 8.10. The van der Waals surface area contributed by atoms with Gasteiger partial charge in [-0.25, -0.2) is 15.0 Å². The Labute approximate surface area is 180 Å². The first-order valence-electron chi connectivity index (χ1n) is 10.4. The van der Waals surface area contributed by atoms with Gasteiger partial charge in [0.05, 0.1) is 17.3 Å². The number of hydrazine groups is 1. The Bertz CT molecular complexity index is 1120. The van der Waals surface area contributed by atoms with Crippen LogP contribution in [0.1, 0.15) is 47.3 Å². The molecule has 156 valence electrons. The summed E-state index contributed by atoms with van der Waals surface area (Å²) in [5, 5.41) is 1.71. The van der Waals surface area contributed by atoms with Crippen molar-refractivity contribution >= 4 is 23.5 Å². The van der Waals surface area contributed by atoms with Crippen molar-refractivity contribution < 1.29 is 9.53 Å². The largest absolute Gasteiger partial charge is 0.457 e. The number of nitrogen functional groups attached to an aromatic ring is 1. The lowest BCUT2D eigenvalue weighted by atomic mass is 10.1. The highest BCUT2D eigenvalue weighted by molar-refractivity contribution is 6.02. The van der Waals surface area contributed by atoms with E-state index in [4.69, 9.17) is 10.5 Å². The quantitative estimate of drug-likeness (QED) is 0.664. The Balaban J connectivity index is 1.49. The minimum atomic E-state index is -0.175. The van der Waals surface area contributed by atoms with Crippen molar-refractivity contribution in [1.29, 1.82) is 0 Å². The van der Waals surface area contributed by atoms with Crippen LogP contribution in [-0.2, 0) is 0 Å². The molecule has 2 heterocycles. The summed E-state index contributed by atoms with van der Waals surface area (Å²) in [5.41, 5.74) is 12.0. The Morgan fingerprint density at radius 3 is 2.42 bits per heavy atom. The number of rotatable bonds is 4. The van der Waals surface area contributed by atoms with E-state index in [1.165, 1.54) is 6.33 Å². The Morgan fingerprint density at radius 2 is 1.68 bits per heavy atom. The summed E-state index contributed by atoms with van der Waals surface area (Å²) in [4.78, 5) is 21.6. The van der Waals surface area contributed by atoms with Crippen molar-refractivity contribution in [1.82, 2.24) is 20.4 Å². The molecule has 7 nitrogen and oxygen atoms in total. The van der Waals surface area contributed by atoms with Crippen molar-refractivity contribution in [2.75, 3.05) is 5.73 Å². The molecule has 1 saturated carbocycles. The molecule has 0 atom stereocenters. The highest BCUT2D eigenvalue weighted by Crippen LogP contribution is 2.31.